The van der Waals surface area contributed by atoms with Gasteiger partial charge in [0, 0.05) is 18.3 Å². The molecule has 0 radical (unpaired) electrons. The SMILES string of the molecule is CC(C)C1OC(=O)[C@H](C)[C@H](O)[C@H](Cc2cccnc2)NC(=O)[C@@H](NC(=O)c2ccccc2O)[C@@H](C)OC1=O. The molecule has 0 bridgehead atoms. The van der Waals surface area contributed by atoms with E-state index in [0.29, 0.717) is 5.56 Å². The number of carbonyl (C=O) groups excluding carboxylic acids is 4. The summed E-state index contributed by atoms with van der Waals surface area (Å²) in [7, 11) is 0. The van der Waals surface area contributed by atoms with Crippen LogP contribution < -0.4 is 10.6 Å². The quantitative estimate of drug-likeness (QED) is 0.417. The van der Waals surface area contributed by atoms with Gasteiger partial charge in [-0.15, -0.1) is 0 Å². The number of hydrogen-bond donors (Lipinski definition) is 4. The second-order valence-electron chi connectivity index (χ2n) is 9.67. The lowest BCUT2D eigenvalue weighted by molar-refractivity contribution is -0.180. The number of benzene rings is 1. The van der Waals surface area contributed by atoms with E-state index in [2.05, 4.69) is 15.6 Å². The fourth-order valence-electron chi connectivity index (χ4n) is 4.08. The third-order valence-electron chi connectivity index (χ3n) is 6.37. The van der Waals surface area contributed by atoms with Gasteiger partial charge in [0.2, 0.25) is 12.0 Å². The summed E-state index contributed by atoms with van der Waals surface area (Å²) in [6.45, 7) is 6.16. The summed E-state index contributed by atoms with van der Waals surface area (Å²) in [6, 6.07) is 6.83. The molecule has 1 aromatic carbocycles. The molecule has 6 atom stereocenters. The van der Waals surface area contributed by atoms with Crippen LogP contribution in [-0.2, 0) is 30.3 Å². The van der Waals surface area contributed by atoms with E-state index in [4.69, 9.17) is 9.47 Å². The summed E-state index contributed by atoms with van der Waals surface area (Å²) in [5, 5.41) is 26.4. The summed E-state index contributed by atoms with van der Waals surface area (Å²) in [4.78, 5) is 56.3. The van der Waals surface area contributed by atoms with E-state index in [9.17, 15) is 29.4 Å². The fourth-order valence-corrected chi connectivity index (χ4v) is 4.08. The van der Waals surface area contributed by atoms with Crippen LogP contribution in [0.25, 0.3) is 0 Å². The largest absolute Gasteiger partial charge is 0.507 e. The van der Waals surface area contributed by atoms with Gasteiger partial charge in [0.15, 0.2) is 0 Å². The van der Waals surface area contributed by atoms with Gasteiger partial charge in [-0.1, -0.05) is 32.0 Å². The second kappa shape index (κ2) is 12.5. The van der Waals surface area contributed by atoms with E-state index in [-0.39, 0.29) is 17.7 Å². The molecular formula is C27H33N3O8. The smallest absolute Gasteiger partial charge is 0.348 e. The Morgan fingerprint density at radius 2 is 1.79 bits per heavy atom. The standard InChI is InChI=1S/C27H33N3O8/c1-14(2)23-27(36)37-16(4)21(30-24(33)18-9-5-6-10-20(18)31)25(34)29-19(12-17-8-7-11-28-13-17)22(32)15(3)26(35)38-23/h5-11,13-16,19,21-23,31-32H,12H2,1-4H3,(H,29,34)(H,30,33)/t15-,16-,19+,21+,22+,23?/m1/s1. The minimum Gasteiger partial charge on any atom is -0.507 e. The van der Waals surface area contributed by atoms with Crippen LogP contribution in [-0.4, -0.2) is 69.3 Å². The van der Waals surface area contributed by atoms with Gasteiger partial charge in [0.05, 0.1) is 23.6 Å². The molecule has 2 amide bonds. The topological polar surface area (TPSA) is 164 Å². The molecule has 1 aliphatic rings. The van der Waals surface area contributed by atoms with Crippen LogP contribution in [0.5, 0.6) is 5.75 Å². The van der Waals surface area contributed by atoms with Crippen molar-refractivity contribution in [2.24, 2.45) is 11.8 Å². The van der Waals surface area contributed by atoms with Crippen LogP contribution in [0.4, 0.5) is 0 Å². The first-order chi connectivity index (χ1) is 18.0. The Kier molecular flexibility index (Phi) is 9.40. The maximum Gasteiger partial charge on any atom is 0.348 e. The summed E-state index contributed by atoms with van der Waals surface area (Å²) >= 11 is 0. The number of phenols is 1. The van der Waals surface area contributed by atoms with Crippen molar-refractivity contribution in [1.82, 2.24) is 15.6 Å². The van der Waals surface area contributed by atoms with Crippen molar-refractivity contribution >= 4 is 23.8 Å². The minimum atomic E-state index is -1.41. The lowest BCUT2D eigenvalue weighted by Gasteiger charge is -2.33. The van der Waals surface area contributed by atoms with Gasteiger partial charge in [0.1, 0.15) is 17.9 Å². The molecule has 3 rings (SSSR count). The van der Waals surface area contributed by atoms with Gasteiger partial charge in [-0.25, -0.2) is 4.79 Å². The van der Waals surface area contributed by atoms with Gasteiger partial charge in [-0.05, 0) is 44.0 Å². The number of aromatic hydroxyl groups is 1. The van der Waals surface area contributed by atoms with E-state index in [1.807, 2.05) is 0 Å². The van der Waals surface area contributed by atoms with Crippen LogP contribution in [0.1, 0.15) is 43.6 Å². The lowest BCUT2D eigenvalue weighted by Crippen LogP contribution is -2.59. The Bertz CT molecular complexity index is 1160. The van der Waals surface area contributed by atoms with E-state index in [0.717, 1.165) is 0 Å². The number of para-hydroxylation sites is 1. The highest BCUT2D eigenvalue weighted by atomic mass is 16.6. The number of phenolic OH excluding ortho intramolecular Hbond substituents is 1. The van der Waals surface area contributed by atoms with Crippen molar-refractivity contribution in [3.05, 3.63) is 59.9 Å². The number of hydrogen-bond acceptors (Lipinski definition) is 9. The first kappa shape index (κ1) is 28.6. The number of amides is 2. The highest BCUT2D eigenvalue weighted by Gasteiger charge is 2.40. The molecule has 11 nitrogen and oxygen atoms in total. The second-order valence-corrected chi connectivity index (χ2v) is 9.67. The van der Waals surface area contributed by atoms with Gasteiger partial charge < -0.3 is 30.3 Å². The van der Waals surface area contributed by atoms with Gasteiger partial charge in [0.25, 0.3) is 5.91 Å². The monoisotopic (exact) mass is 527 g/mol. The van der Waals surface area contributed by atoms with Crippen molar-refractivity contribution in [3.8, 4) is 5.75 Å². The maximum atomic E-state index is 13.5. The third kappa shape index (κ3) is 6.86. The minimum absolute atomic E-state index is 0.0838. The zero-order chi connectivity index (χ0) is 28.0. The summed E-state index contributed by atoms with van der Waals surface area (Å²) < 4.78 is 10.9. The Hall–Kier alpha value is -3.99. The summed E-state index contributed by atoms with van der Waals surface area (Å²) in [5.74, 6) is -5.14. The first-order valence-electron chi connectivity index (χ1n) is 12.4. The molecule has 4 N–H and O–H groups in total. The Labute approximate surface area is 220 Å². The maximum absolute atomic E-state index is 13.5. The number of rotatable bonds is 5. The highest BCUT2D eigenvalue weighted by Crippen LogP contribution is 2.21. The summed E-state index contributed by atoms with van der Waals surface area (Å²) in [6.07, 6.45) is -0.653. The predicted octanol–water partition coefficient (Wildman–Crippen LogP) is 1.12. The molecule has 0 aliphatic carbocycles. The van der Waals surface area contributed by atoms with Crippen LogP contribution in [0.2, 0.25) is 0 Å². The number of aliphatic hydroxyl groups is 1. The van der Waals surface area contributed by atoms with E-state index in [1.165, 1.54) is 32.0 Å². The van der Waals surface area contributed by atoms with Crippen LogP contribution >= 0.6 is 0 Å². The number of cyclic esters (lactones) is 2. The number of carbonyl (C=O) groups is 4. The molecule has 1 aromatic heterocycles. The Balaban J connectivity index is 1.99. The van der Waals surface area contributed by atoms with Crippen LogP contribution in [0.3, 0.4) is 0 Å². The number of nitrogens with zero attached hydrogens (tertiary/aromatic N) is 1. The number of esters is 2. The molecule has 11 heteroatoms. The molecule has 204 valence electrons. The number of aliphatic hydroxyl groups excluding tert-OH is 1. The normalized spacial score (nSPS) is 26.8. The average Bonchev–Trinajstić information content (AvgIpc) is 2.88. The zero-order valence-electron chi connectivity index (χ0n) is 21.7. The van der Waals surface area contributed by atoms with Gasteiger partial charge in [-0.2, -0.15) is 0 Å². The van der Waals surface area contributed by atoms with E-state index < -0.39 is 66.0 Å². The van der Waals surface area contributed by atoms with Crippen LogP contribution in [0.15, 0.2) is 48.8 Å². The number of ether oxygens (including phenoxy) is 2. The molecule has 38 heavy (non-hydrogen) atoms. The van der Waals surface area contributed by atoms with Gasteiger partial charge in [-0.3, -0.25) is 19.4 Å². The third-order valence-corrected chi connectivity index (χ3v) is 6.37. The fraction of sp³-hybridized carbons (Fsp3) is 0.444. The van der Waals surface area contributed by atoms with Crippen LogP contribution in [0, 0.1) is 11.8 Å². The molecule has 0 spiro atoms. The lowest BCUT2D eigenvalue weighted by atomic mass is 9.92. The van der Waals surface area contributed by atoms with Crippen molar-refractivity contribution in [2.75, 3.05) is 0 Å². The zero-order valence-corrected chi connectivity index (χ0v) is 21.7. The molecular weight excluding hydrogens is 494 g/mol. The first-order valence-corrected chi connectivity index (χ1v) is 12.4. The van der Waals surface area contributed by atoms with Crippen molar-refractivity contribution in [2.45, 2.75) is 64.5 Å². The van der Waals surface area contributed by atoms with Crippen molar-refractivity contribution in [3.63, 3.8) is 0 Å². The number of nitrogens with one attached hydrogen (secondary N) is 2. The predicted molar refractivity (Wildman–Crippen MR) is 135 cm³/mol. The molecule has 1 unspecified atom stereocenters. The van der Waals surface area contributed by atoms with Crippen molar-refractivity contribution < 1.29 is 38.9 Å². The van der Waals surface area contributed by atoms with E-state index >= 15 is 0 Å². The molecule has 1 saturated heterocycles. The van der Waals surface area contributed by atoms with Gasteiger partial charge >= 0.3 is 11.9 Å². The van der Waals surface area contributed by atoms with E-state index in [1.54, 1.807) is 44.4 Å². The Morgan fingerprint density at radius 1 is 1.08 bits per heavy atom. The molecule has 2 heterocycles. The number of aromatic nitrogens is 1. The molecule has 2 aromatic rings. The van der Waals surface area contributed by atoms with Crippen molar-refractivity contribution in [1.29, 1.82) is 0 Å². The highest BCUT2D eigenvalue weighted by molar-refractivity contribution is 5.99. The average molecular weight is 528 g/mol. The molecule has 1 aliphatic heterocycles. The molecule has 1 fully saturated rings. The number of pyridine rings is 1. The Morgan fingerprint density at radius 3 is 2.42 bits per heavy atom. The summed E-state index contributed by atoms with van der Waals surface area (Å²) in [5.41, 5.74) is 0.596. The molecule has 0 saturated carbocycles.